The van der Waals surface area contributed by atoms with Crippen LogP contribution in [0.25, 0.3) is 0 Å². The Bertz CT molecular complexity index is 428. The molecule has 0 spiro atoms. The second kappa shape index (κ2) is 17.6. The van der Waals surface area contributed by atoms with Crippen molar-refractivity contribution in [2.45, 2.75) is 137 Å². The minimum Gasteiger partial charge on any atom is -0.481 e. The largest absolute Gasteiger partial charge is 0.481 e. The van der Waals surface area contributed by atoms with Gasteiger partial charge in [0.2, 0.25) is 0 Å². The summed E-state index contributed by atoms with van der Waals surface area (Å²) in [6.45, 7) is 8.84. The Morgan fingerprint density at radius 2 is 1.17 bits per heavy atom. The number of hydrogen-bond donors (Lipinski definition) is 2. The fourth-order valence-electron chi connectivity index (χ4n) is 4.83. The molecule has 0 radical (unpaired) electrons. The summed E-state index contributed by atoms with van der Waals surface area (Å²) in [4.78, 5) is 23.3. The Morgan fingerprint density at radius 3 is 1.57 bits per heavy atom. The van der Waals surface area contributed by atoms with Crippen LogP contribution in [0.5, 0.6) is 0 Å². The van der Waals surface area contributed by atoms with E-state index < -0.39 is 17.4 Å². The lowest BCUT2D eigenvalue weighted by atomic mass is 9.67. The van der Waals surface area contributed by atoms with Crippen LogP contribution in [-0.4, -0.2) is 22.2 Å². The summed E-state index contributed by atoms with van der Waals surface area (Å²) in [5, 5.41) is 19.2. The molecule has 0 aromatic heterocycles. The standard InChI is InChI=1S/C26H50O4/c1-5-9-16-22(7-3)20-26(25(29)30,21-23(8-4)17-10-6-2)19-15-13-11-12-14-18-24(27)28/h22-23H,5-21H2,1-4H3,(H,27,28)(H,29,30)/t22-,23-/m1/s1. The molecule has 2 N–H and O–H groups in total. The van der Waals surface area contributed by atoms with Crippen LogP contribution < -0.4 is 0 Å². The molecule has 0 rings (SSSR count). The van der Waals surface area contributed by atoms with Crippen LogP contribution in [-0.2, 0) is 9.59 Å². The van der Waals surface area contributed by atoms with Crippen molar-refractivity contribution in [3.8, 4) is 0 Å². The van der Waals surface area contributed by atoms with Crippen molar-refractivity contribution in [1.82, 2.24) is 0 Å². The molecule has 0 amide bonds. The number of aliphatic carboxylic acids is 2. The summed E-state index contributed by atoms with van der Waals surface area (Å²) in [7, 11) is 0. The Balaban J connectivity index is 5.11. The monoisotopic (exact) mass is 426 g/mol. The van der Waals surface area contributed by atoms with Gasteiger partial charge in [-0.15, -0.1) is 0 Å². The predicted octanol–water partition coefficient (Wildman–Crippen LogP) is 8.09. The fourth-order valence-corrected chi connectivity index (χ4v) is 4.83. The van der Waals surface area contributed by atoms with Gasteiger partial charge >= 0.3 is 11.9 Å². The van der Waals surface area contributed by atoms with Gasteiger partial charge in [-0.25, -0.2) is 0 Å². The molecule has 0 aliphatic heterocycles. The lowest BCUT2D eigenvalue weighted by molar-refractivity contribution is -0.152. The minimum absolute atomic E-state index is 0.240. The maximum Gasteiger partial charge on any atom is 0.309 e. The van der Waals surface area contributed by atoms with Gasteiger partial charge in [-0.1, -0.05) is 105 Å². The van der Waals surface area contributed by atoms with E-state index in [0.29, 0.717) is 11.8 Å². The Kier molecular flexibility index (Phi) is 17.0. The molecule has 0 fully saturated rings. The van der Waals surface area contributed by atoms with Gasteiger partial charge in [0, 0.05) is 6.42 Å². The molecule has 0 heterocycles. The highest BCUT2D eigenvalue weighted by Crippen LogP contribution is 2.43. The van der Waals surface area contributed by atoms with E-state index in [2.05, 4.69) is 27.7 Å². The van der Waals surface area contributed by atoms with E-state index in [-0.39, 0.29) is 6.42 Å². The zero-order valence-corrected chi connectivity index (χ0v) is 20.4. The first kappa shape index (κ1) is 28.9. The molecule has 0 bridgehead atoms. The van der Waals surface area contributed by atoms with Gasteiger partial charge in [0.1, 0.15) is 0 Å². The van der Waals surface area contributed by atoms with E-state index in [1.54, 1.807) is 0 Å². The Labute approximate surface area is 186 Å². The van der Waals surface area contributed by atoms with Crippen molar-refractivity contribution >= 4 is 11.9 Å². The summed E-state index contributed by atoms with van der Waals surface area (Å²) >= 11 is 0. The lowest BCUT2D eigenvalue weighted by Crippen LogP contribution is -2.36. The zero-order valence-electron chi connectivity index (χ0n) is 20.4. The topological polar surface area (TPSA) is 74.6 Å². The molecule has 0 aromatic carbocycles. The predicted molar refractivity (Wildman–Crippen MR) is 126 cm³/mol. The van der Waals surface area contributed by atoms with E-state index >= 15 is 0 Å². The second-order valence-corrected chi connectivity index (χ2v) is 9.49. The molecular weight excluding hydrogens is 376 g/mol. The second-order valence-electron chi connectivity index (χ2n) is 9.49. The third-order valence-corrected chi connectivity index (χ3v) is 6.95. The highest BCUT2D eigenvalue weighted by atomic mass is 16.4. The summed E-state index contributed by atoms with van der Waals surface area (Å²) < 4.78 is 0. The number of hydrogen-bond acceptors (Lipinski definition) is 2. The molecular formula is C26H50O4. The maximum absolute atomic E-state index is 12.6. The van der Waals surface area contributed by atoms with Crippen LogP contribution >= 0.6 is 0 Å². The molecule has 0 aliphatic carbocycles. The van der Waals surface area contributed by atoms with Gasteiger partial charge in [-0.2, -0.15) is 0 Å². The van der Waals surface area contributed by atoms with Crippen molar-refractivity contribution in [1.29, 1.82) is 0 Å². The average Bonchev–Trinajstić information content (AvgIpc) is 2.72. The van der Waals surface area contributed by atoms with Gasteiger partial charge in [-0.3, -0.25) is 9.59 Å². The number of carboxylic acids is 2. The molecule has 4 nitrogen and oxygen atoms in total. The van der Waals surface area contributed by atoms with Crippen molar-refractivity contribution in [2.75, 3.05) is 0 Å². The van der Waals surface area contributed by atoms with E-state index in [1.807, 2.05) is 0 Å². The third kappa shape index (κ3) is 12.6. The van der Waals surface area contributed by atoms with Crippen LogP contribution in [0.3, 0.4) is 0 Å². The highest BCUT2D eigenvalue weighted by molar-refractivity contribution is 5.74. The molecule has 0 saturated carbocycles. The van der Waals surface area contributed by atoms with Crippen molar-refractivity contribution in [3.63, 3.8) is 0 Å². The first-order valence-corrected chi connectivity index (χ1v) is 12.8. The quantitative estimate of drug-likeness (QED) is 0.182. The fraction of sp³-hybridized carbons (Fsp3) is 0.923. The average molecular weight is 427 g/mol. The van der Waals surface area contributed by atoms with Crippen LogP contribution in [0.1, 0.15) is 137 Å². The van der Waals surface area contributed by atoms with Crippen molar-refractivity contribution in [3.05, 3.63) is 0 Å². The SMILES string of the molecule is CCCC[C@@H](CC)CC(CCCCCCCC(=O)O)(C[C@H](CC)CCCC)C(=O)O. The molecule has 30 heavy (non-hydrogen) atoms. The number of unbranched alkanes of at least 4 members (excludes halogenated alkanes) is 6. The minimum atomic E-state index is -0.727. The lowest BCUT2D eigenvalue weighted by Gasteiger charge is -2.36. The normalized spacial score (nSPS) is 13.9. The number of carboxylic acid groups (broad SMARTS) is 2. The molecule has 4 heteroatoms. The van der Waals surface area contributed by atoms with Crippen LogP contribution in [0.2, 0.25) is 0 Å². The molecule has 0 aromatic rings. The third-order valence-electron chi connectivity index (χ3n) is 6.95. The maximum atomic E-state index is 12.6. The van der Waals surface area contributed by atoms with Crippen molar-refractivity contribution in [2.24, 2.45) is 17.3 Å². The number of carbonyl (C=O) groups is 2. The zero-order chi connectivity index (χ0) is 22.8. The Hall–Kier alpha value is -1.06. The van der Waals surface area contributed by atoms with E-state index in [1.165, 1.54) is 25.7 Å². The van der Waals surface area contributed by atoms with Crippen molar-refractivity contribution < 1.29 is 19.8 Å². The summed E-state index contributed by atoms with van der Waals surface area (Å²) in [6, 6.07) is 0. The van der Waals surface area contributed by atoms with E-state index in [0.717, 1.165) is 77.0 Å². The van der Waals surface area contributed by atoms with Crippen LogP contribution in [0.15, 0.2) is 0 Å². The molecule has 0 unspecified atom stereocenters. The van der Waals surface area contributed by atoms with E-state index in [9.17, 15) is 14.7 Å². The van der Waals surface area contributed by atoms with Gasteiger partial charge < -0.3 is 10.2 Å². The summed E-state index contributed by atoms with van der Waals surface area (Å²) in [6.07, 6.45) is 16.4. The molecule has 2 atom stereocenters. The molecule has 0 saturated heterocycles. The van der Waals surface area contributed by atoms with Gasteiger partial charge in [0.25, 0.3) is 0 Å². The summed E-state index contributed by atoms with van der Waals surface area (Å²) in [5.41, 5.74) is -0.593. The Morgan fingerprint density at radius 1 is 0.700 bits per heavy atom. The van der Waals surface area contributed by atoms with Gasteiger partial charge in [0.05, 0.1) is 5.41 Å². The highest BCUT2D eigenvalue weighted by Gasteiger charge is 2.40. The van der Waals surface area contributed by atoms with Crippen LogP contribution in [0.4, 0.5) is 0 Å². The smallest absolute Gasteiger partial charge is 0.309 e. The van der Waals surface area contributed by atoms with Gasteiger partial charge in [0.15, 0.2) is 0 Å². The summed E-state index contributed by atoms with van der Waals surface area (Å²) in [5.74, 6) is -0.311. The number of rotatable bonds is 21. The first-order valence-electron chi connectivity index (χ1n) is 12.8. The molecule has 178 valence electrons. The first-order chi connectivity index (χ1) is 14.3. The van der Waals surface area contributed by atoms with E-state index in [4.69, 9.17) is 5.11 Å². The molecule has 0 aliphatic rings. The van der Waals surface area contributed by atoms with Crippen LogP contribution in [0, 0.1) is 17.3 Å². The van der Waals surface area contributed by atoms with Gasteiger partial charge in [-0.05, 0) is 37.5 Å².